The van der Waals surface area contributed by atoms with Crippen LogP contribution in [-0.4, -0.2) is 11.4 Å². The third-order valence-electron chi connectivity index (χ3n) is 2.10. The Kier molecular flexibility index (Phi) is 6.44. The maximum Gasteiger partial charge on any atom is 0.144 e. The van der Waals surface area contributed by atoms with Crippen LogP contribution in [-0.2, 0) is 0 Å². The zero-order valence-corrected chi connectivity index (χ0v) is 12.8. The third-order valence-corrected chi connectivity index (χ3v) is 2.28. The number of halogens is 2. The first-order valence-electron chi connectivity index (χ1n) is 5.57. The van der Waals surface area contributed by atoms with Gasteiger partial charge in [0.15, 0.2) is 0 Å². The molecule has 0 fully saturated rings. The maximum atomic E-state index is 5.96. The van der Waals surface area contributed by atoms with Gasteiger partial charge in [0.25, 0.3) is 0 Å². The highest BCUT2D eigenvalue weighted by molar-refractivity contribution is 6.44. The van der Waals surface area contributed by atoms with E-state index in [1.165, 1.54) is 0 Å². The van der Waals surface area contributed by atoms with E-state index in [1.807, 2.05) is 52.0 Å². The molecule has 0 aromatic heterocycles. The Balaban J connectivity index is 0.00000289. The van der Waals surface area contributed by atoms with E-state index in [1.54, 1.807) is 0 Å². The predicted molar refractivity (Wildman–Crippen MR) is 84.2 cm³/mol. The first kappa shape index (κ1) is 17.0. The summed E-state index contributed by atoms with van der Waals surface area (Å²) in [5, 5.41) is 3.64. The van der Waals surface area contributed by atoms with Crippen LogP contribution < -0.4 is 5.32 Å². The Morgan fingerprint density at radius 1 is 1.28 bits per heavy atom. The average molecular weight is 287 g/mol. The molecule has 100 valence electrons. The summed E-state index contributed by atoms with van der Waals surface area (Å²) in [5.74, 6) is 0.619. The van der Waals surface area contributed by atoms with Gasteiger partial charge in [-0.1, -0.05) is 36.4 Å². The van der Waals surface area contributed by atoms with Gasteiger partial charge in [0.05, 0.1) is 10.6 Å². The van der Waals surface area contributed by atoms with E-state index in [9.17, 15) is 0 Å². The van der Waals surface area contributed by atoms with Crippen LogP contribution in [0.5, 0.6) is 0 Å². The SMILES string of the molecule is C=C(Cl)C(=NC(C)(C)C)Nc1ccccc1C.Cl. The molecule has 1 aromatic carbocycles. The first-order chi connectivity index (χ1) is 7.79. The summed E-state index contributed by atoms with van der Waals surface area (Å²) in [5.41, 5.74) is 1.95. The quantitative estimate of drug-likeness (QED) is 0.614. The molecule has 0 atom stereocenters. The van der Waals surface area contributed by atoms with Crippen LogP contribution in [0.3, 0.4) is 0 Å². The number of benzene rings is 1. The Labute approximate surface area is 121 Å². The van der Waals surface area contributed by atoms with Crippen LogP contribution in [0.25, 0.3) is 0 Å². The lowest BCUT2D eigenvalue weighted by Gasteiger charge is -2.17. The highest BCUT2D eigenvalue weighted by atomic mass is 35.5. The summed E-state index contributed by atoms with van der Waals surface area (Å²) in [6, 6.07) is 8.00. The van der Waals surface area contributed by atoms with E-state index in [0.29, 0.717) is 10.9 Å². The van der Waals surface area contributed by atoms with Crippen LogP contribution in [0, 0.1) is 6.92 Å². The molecule has 1 aromatic rings. The summed E-state index contributed by atoms with van der Waals surface area (Å²) >= 11 is 5.96. The highest BCUT2D eigenvalue weighted by Crippen LogP contribution is 2.17. The molecule has 18 heavy (non-hydrogen) atoms. The van der Waals surface area contributed by atoms with Crippen LogP contribution in [0.2, 0.25) is 0 Å². The molecule has 0 aliphatic heterocycles. The topological polar surface area (TPSA) is 24.4 Å². The lowest BCUT2D eigenvalue weighted by molar-refractivity contribution is 0.584. The van der Waals surface area contributed by atoms with E-state index in [-0.39, 0.29) is 17.9 Å². The van der Waals surface area contributed by atoms with E-state index < -0.39 is 0 Å². The van der Waals surface area contributed by atoms with Crippen LogP contribution in [0.15, 0.2) is 40.9 Å². The number of para-hydroxylation sites is 1. The summed E-state index contributed by atoms with van der Waals surface area (Å²) in [6.45, 7) is 11.8. The molecule has 0 bridgehead atoms. The maximum absolute atomic E-state index is 5.96. The molecule has 2 nitrogen and oxygen atoms in total. The van der Waals surface area contributed by atoms with Gasteiger partial charge >= 0.3 is 0 Å². The van der Waals surface area contributed by atoms with E-state index in [4.69, 9.17) is 11.6 Å². The van der Waals surface area contributed by atoms with Crippen molar-refractivity contribution in [3.63, 3.8) is 0 Å². The minimum atomic E-state index is -0.192. The normalized spacial score (nSPS) is 11.7. The molecular formula is C14H20Cl2N2. The van der Waals surface area contributed by atoms with Gasteiger partial charge in [0.1, 0.15) is 5.84 Å². The molecule has 0 saturated heterocycles. The van der Waals surface area contributed by atoms with Gasteiger partial charge in [-0.2, -0.15) is 0 Å². The first-order valence-corrected chi connectivity index (χ1v) is 5.95. The van der Waals surface area contributed by atoms with Gasteiger partial charge in [0.2, 0.25) is 0 Å². The van der Waals surface area contributed by atoms with Crippen molar-refractivity contribution in [1.29, 1.82) is 0 Å². The highest BCUT2D eigenvalue weighted by Gasteiger charge is 2.12. The van der Waals surface area contributed by atoms with E-state index in [0.717, 1.165) is 11.3 Å². The Hall–Kier alpha value is -0.990. The molecule has 0 unspecified atom stereocenters. The molecule has 0 aliphatic carbocycles. The van der Waals surface area contributed by atoms with E-state index in [2.05, 4.69) is 16.9 Å². The number of anilines is 1. The number of amidine groups is 1. The van der Waals surface area contributed by atoms with Gasteiger partial charge in [0, 0.05) is 5.69 Å². The van der Waals surface area contributed by atoms with Gasteiger partial charge in [-0.05, 0) is 39.3 Å². The average Bonchev–Trinajstić information content (AvgIpc) is 2.18. The number of hydrogen-bond donors (Lipinski definition) is 1. The number of aryl methyl sites for hydroxylation is 1. The van der Waals surface area contributed by atoms with E-state index >= 15 is 0 Å². The lowest BCUT2D eigenvalue weighted by Crippen LogP contribution is -2.20. The molecule has 0 amide bonds. The minimum absolute atomic E-state index is 0. The number of hydrogen-bond acceptors (Lipinski definition) is 1. The van der Waals surface area contributed by atoms with Gasteiger partial charge in [-0.25, -0.2) is 0 Å². The second kappa shape index (κ2) is 6.81. The van der Waals surface area contributed by atoms with Crippen LogP contribution >= 0.6 is 24.0 Å². The standard InChI is InChI=1S/C14H19ClN2.ClH/c1-10-8-6-7-9-12(10)16-13(11(2)15)17-14(3,4)5;/h6-9H,2H2,1,3-5H3,(H,16,17);1H. The fourth-order valence-electron chi connectivity index (χ4n) is 1.33. The monoisotopic (exact) mass is 286 g/mol. The zero-order chi connectivity index (χ0) is 13.1. The molecule has 4 heteroatoms. The van der Waals surface area contributed by atoms with Crippen molar-refractivity contribution in [1.82, 2.24) is 0 Å². The Morgan fingerprint density at radius 2 is 1.83 bits per heavy atom. The Morgan fingerprint density at radius 3 is 2.28 bits per heavy atom. The second-order valence-electron chi connectivity index (χ2n) is 4.98. The summed E-state index contributed by atoms with van der Waals surface area (Å²) in [7, 11) is 0. The van der Waals surface area contributed by atoms with Crippen molar-refractivity contribution in [2.75, 3.05) is 5.32 Å². The minimum Gasteiger partial charge on any atom is -0.339 e. The molecule has 1 N–H and O–H groups in total. The third kappa shape index (κ3) is 5.56. The van der Waals surface area contributed by atoms with Crippen molar-refractivity contribution in [2.45, 2.75) is 33.2 Å². The molecule has 0 spiro atoms. The van der Waals surface area contributed by atoms with Crippen LogP contribution in [0.1, 0.15) is 26.3 Å². The van der Waals surface area contributed by atoms with Crippen molar-refractivity contribution in [2.24, 2.45) is 4.99 Å². The van der Waals surface area contributed by atoms with Gasteiger partial charge in [-0.15, -0.1) is 12.4 Å². The van der Waals surface area contributed by atoms with Crippen LogP contribution in [0.4, 0.5) is 5.69 Å². The predicted octanol–water partition coefficient (Wildman–Crippen LogP) is 4.78. The molecule has 0 saturated carbocycles. The molecule has 0 heterocycles. The largest absolute Gasteiger partial charge is 0.339 e. The number of aliphatic imine (C=N–C) groups is 1. The molecule has 1 rings (SSSR count). The van der Waals surface area contributed by atoms with Crippen molar-refractivity contribution in [3.8, 4) is 0 Å². The van der Waals surface area contributed by atoms with Crippen molar-refractivity contribution < 1.29 is 0 Å². The molecule has 0 aliphatic rings. The summed E-state index contributed by atoms with van der Waals surface area (Å²) in [4.78, 5) is 4.52. The second-order valence-corrected chi connectivity index (χ2v) is 5.43. The summed E-state index contributed by atoms with van der Waals surface area (Å²) in [6.07, 6.45) is 0. The van der Waals surface area contributed by atoms with Gasteiger partial charge < -0.3 is 5.32 Å². The van der Waals surface area contributed by atoms with Crippen molar-refractivity contribution in [3.05, 3.63) is 41.4 Å². The molecular weight excluding hydrogens is 267 g/mol. The Bertz CT molecular complexity index is 445. The smallest absolute Gasteiger partial charge is 0.144 e. The molecule has 0 radical (unpaired) electrons. The summed E-state index contributed by atoms with van der Waals surface area (Å²) < 4.78 is 0. The number of rotatable bonds is 2. The fourth-order valence-corrected chi connectivity index (χ4v) is 1.42. The fraction of sp³-hybridized carbons (Fsp3) is 0.357. The zero-order valence-electron chi connectivity index (χ0n) is 11.2. The van der Waals surface area contributed by atoms with Crippen molar-refractivity contribution >= 4 is 35.5 Å². The lowest BCUT2D eigenvalue weighted by atomic mass is 10.1. The number of nitrogens with one attached hydrogen (secondary N) is 1. The van der Waals surface area contributed by atoms with Gasteiger partial charge in [-0.3, -0.25) is 4.99 Å². The number of nitrogens with zero attached hydrogens (tertiary/aromatic N) is 1.